The van der Waals surface area contributed by atoms with E-state index in [9.17, 15) is 4.79 Å². The molecule has 0 spiro atoms. The number of fused-ring (bicyclic) bond motifs is 1. The first kappa shape index (κ1) is 22.2. The molecule has 1 atom stereocenters. The van der Waals surface area contributed by atoms with Crippen LogP contribution < -0.4 is 10.5 Å². The number of ether oxygens (including phenoxy) is 1. The zero-order valence-corrected chi connectivity index (χ0v) is 18.8. The number of carbonyl (C=O) groups is 1. The van der Waals surface area contributed by atoms with E-state index in [2.05, 4.69) is 32.6 Å². The van der Waals surface area contributed by atoms with Gasteiger partial charge in [-0.1, -0.05) is 17.8 Å². The second-order valence-electron chi connectivity index (χ2n) is 6.79. The second-order valence-corrected chi connectivity index (χ2v) is 8.69. The SMILES string of the molecule is C=CCON=CC(C)(C)C(Oc1cc(C)c2ncc(Br)cc2c1)(SC)C(N)=O. The fourth-order valence-corrected chi connectivity index (χ4v) is 4.16. The number of aromatic nitrogens is 1. The summed E-state index contributed by atoms with van der Waals surface area (Å²) in [6.45, 7) is 9.42. The predicted octanol–water partition coefficient (Wildman–Crippen LogP) is 4.44. The highest BCUT2D eigenvalue weighted by Crippen LogP contribution is 2.42. The maximum Gasteiger partial charge on any atom is 0.273 e. The van der Waals surface area contributed by atoms with Gasteiger partial charge in [-0.15, -0.1) is 11.8 Å². The standard InChI is InChI=1S/C20H24BrN3O3S/c1-6-7-26-24-12-19(3,4)20(28-5,18(22)25)27-16-8-13(2)17-14(10-16)9-15(21)11-23-17/h6,8-12H,1,7H2,2-5H3,(H2,22,25). The summed E-state index contributed by atoms with van der Waals surface area (Å²) in [5.41, 5.74) is 6.73. The lowest BCUT2D eigenvalue weighted by Gasteiger charge is -2.40. The number of benzene rings is 1. The Kier molecular flexibility index (Phi) is 7.11. The van der Waals surface area contributed by atoms with Gasteiger partial charge in [0, 0.05) is 16.1 Å². The van der Waals surface area contributed by atoms with Crippen molar-refractivity contribution in [1.82, 2.24) is 4.98 Å². The maximum atomic E-state index is 12.5. The van der Waals surface area contributed by atoms with Crippen LogP contribution in [0.4, 0.5) is 0 Å². The summed E-state index contributed by atoms with van der Waals surface area (Å²) in [6, 6.07) is 5.64. The average molecular weight is 466 g/mol. The summed E-state index contributed by atoms with van der Waals surface area (Å²) in [7, 11) is 0. The monoisotopic (exact) mass is 465 g/mol. The molecule has 6 nitrogen and oxygen atoms in total. The molecule has 28 heavy (non-hydrogen) atoms. The van der Waals surface area contributed by atoms with Crippen molar-refractivity contribution in [3.05, 3.63) is 47.1 Å². The Morgan fingerprint density at radius 2 is 2.14 bits per heavy atom. The molecular formula is C20H24BrN3O3S. The molecule has 0 aliphatic carbocycles. The fourth-order valence-electron chi connectivity index (χ4n) is 2.85. The average Bonchev–Trinajstić information content (AvgIpc) is 2.62. The van der Waals surface area contributed by atoms with Crippen LogP contribution in [0.15, 0.2) is 46.7 Å². The molecule has 2 rings (SSSR count). The Labute approximate surface area is 177 Å². The smallest absolute Gasteiger partial charge is 0.273 e. The molecule has 1 amide bonds. The third kappa shape index (κ3) is 4.50. The molecule has 0 aliphatic rings. The van der Waals surface area contributed by atoms with Crippen LogP contribution in [-0.2, 0) is 9.63 Å². The van der Waals surface area contributed by atoms with Crippen molar-refractivity contribution >= 4 is 50.7 Å². The van der Waals surface area contributed by atoms with Gasteiger partial charge in [-0.25, -0.2) is 0 Å². The van der Waals surface area contributed by atoms with E-state index < -0.39 is 16.3 Å². The highest BCUT2D eigenvalue weighted by atomic mass is 79.9. The van der Waals surface area contributed by atoms with Crippen LogP contribution in [0, 0.1) is 12.3 Å². The van der Waals surface area contributed by atoms with Crippen molar-refractivity contribution in [3.63, 3.8) is 0 Å². The minimum atomic E-state index is -1.40. The highest BCUT2D eigenvalue weighted by Gasteiger charge is 2.52. The lowest BCUT2D eigenvalue weighted by Crippen LogP contribution is -2.57. The summed E-state index contributed by atoms with van der Waals surface area (Å²) in [5, 5.41) is 4.83. The van der Waals surface area contributed by atoms with E-state index in [0.717, 1.165) is 20.9 Å². The Hall–Kier alpha value is -2.06. The molecule has 1 aromatic heterocycles. The molecule has 8 heteroatoms. The van der Waals surface area contributed by atoms with Crippen molar-refractivity contribution in [2.24, 2.45) is 16.3 Å². The molecule has 2 aromatic rings. The van der Waals surface area contributed by atoms with E-state index in [1.807, 2.05) is 39.0 Å². The van der Waals surface area contributed by atoms with Gasteiger partial charge in [0.25, 0.3) is 5.91 Å². The van der Waals surface area contributed by atoms with E-state index in [1.165, 1.54) is 18.0 Å². The number of hydrogen-bond donors (Lipinski definition) is 1. The molecule has 0 fully saturated rings. The van der Waals surface area contributed by atoms with Gasteiger partial charge in [0.05, 0.1) is 17.1 Å². The first-order valence-electron chi connectivity index (χ1n) is 8.54. The van der Waals surface area contributed by atoms with Gasteiger partial charge >= 0.3 is 0 Å². The number of hydrogen-bond acceptors (Lipinski definition) is 6. The number of nitrogens with zero attached hydrogens (tertiary/aromatic N) is 2. The first-order chi connectivity index (χ1) is 13.2. The normalized spacial score (nSPS) is 14.0. The first-order valence-corrected chi connectivity index (χ1v) is 10.6. The number of oxime groups is 1. The number of aryl methyl sites for hydroxylation is 1. The summed E-state index contributed by atoms with van der Waals surface area (Å²) >= 11 is 4.65. The topological polar surface area (TPSA) is 86.8 Å². The molecule has 0 saturated carbocycles. The molecule has 1 heterocycles. The fraction of sp³-hybridized carbons (Fsp3) is 0.350. The molecular weight excluding hydrogens is 442 g/mol. The molecule has 1 aromatic carbocycles. The van der Waals surface area contributed by atoms with Crippen molar-refractivity contribution in [3.8, 4) is 5.75 Å². The summed E-state index contributed by atoms with van der Waals surface area (Å²) in [5.74, 6) is -0.0863. The molecule has 0 aliphatic heterocycles. The largest absolute Gasteiger partial charge is 0.466 e. The summed E-state index contributed by atoms with van der Waals surface area (Å²) < 4.78 is 7.10. The van der Waals surface area contributed by atoms with Gasteiger partial charge in [-0.3, -0.25) is 9.78 Å². The summed E-state index contributed by atoms with van der Waals surface area (Å²) in [6.07, 6.45) is 6.63. The zero-order valence-electron chi connectivity index (χ0n) is 16.4. The number of primary amides is 1. The molecule has 0 radical (unpaired) electrons. The van der Waals surface area contributed by atoms with Crippen LogP contribution in [0.25, 0.3) is 10.9 Å². The van der Waals surface area contributed by atoms with Crippen molar-refractivity contribution < 1.29 is 14.4 Å². The van der Waals surface area contributed by atoms with Crippen LogP contribution in [0.3, 0.4) is 0 Å². The van der Waals surface area contributed by atoms with E-state index in [0.29, 0.717) is 5.75 Å². The van der Waals surface area contributed by atoms with Gasteiger partial charge in [-0.05, 0) is 66.7 Å². The number of rotatable bonds is 9. The maximum absolute atomic E-state index is 12.5. The molecule has 0 saturated heterocycles. The van der Waals surface area contributed by atoms with Gasteiger partial charge < -0.3 is 15.3 Å². The van der Waals surface area contributed by atoms with Crippen LogP contribution in [-0.4, -0.2) is 34.9 Å². The van der Waals surface area contributed by atoms with E-state index in [-0.39, 0.29) is 6.61 Å². The lowest BCUT2D eigenvalue weighted by atomic mass is 9.86. The van der Waals surface area contributed by atoms with Crippen LogP contribution in [0.1, 0.15) is 19.4 Å². The van der Waals surface area contributed by atoms with E-state index in [1.54, 1.807) is 18.5 Å². The van der Waals surface area contributed by atoms with Crippen molar-refractivity contribution in [2.75, 3.05) is 12.9 Å². The molecule has 0 bridgehead atoms. The van der Waals surface area contributed by atoms with Gasteiger partial charge in [0.1, 0.15) is 12.4 Å². The molecule has 2 N–H and O–H groups in total. The van der Waals surface area contributed by atoms with Gasteiger partial charge in [0.15, 0.2) is 0 Å². The second kappa shape index (κ2) is 8.96. The predicted molar refractivity (Wildman–Crippen MR) is 119 cm³/mol. The van der Waals surface area contributed by atoms with E-state index in [4.69, 9.17) is 15.3 Å². The quantitative estimate of drug-likeness (QED) is 0.194. The Morgan fingerprint density at radius 1 is 1.43 bits per heavy atom. The number of thioether (sulfide) groups is 1. The summed E-state index contributed by atoms with van der Waals surface area (Å²) in [4.78, 5) is 20.7. The lowest BCUT2D eigenvalue weighted by molar-refractivity contribution is -0.130. The van der Waals surface area contributed by atoms with E-state index >= 15 is 0 Å². The number of amides is 1. The molecule has 150 valence electrons. The van der Waals surface area contributed by atoms with Crippen molar-refractivity contribution in [2.45, 2.75) is 25.7 Å². The van der Waals surface area contributed by atoms with Crippen LogP contribution in [0.5, 0.6) is 5.75 Å². The minimum Gasteiger partial charge on any atom is -0.466 e. The minimum absolute atomic E-state index is 0.266. The third-order valence-corrected chi connectivity index (χ3v) is 6.10. The number of carbonyl (C=O) groups excluding carboxylic acids is 1. The number of pyridine rings is 1. The number of nitrogens with two attached hydrogens (primary N) is 1. The van der Waals surface area contributed by atoms with Crippen LogP contribution in [0.2, 0.25) is 0 Å². The van der Waals surface area contributed by atoms with Gasteiger partial charge in [-0.2, -0.15) is 0 Å². The van der Waals surface area contributed by atoms with Crippen LogP contribution >= 0.6 is 27.7 Å². The molecule has 1 unspecified atom stereocenters. The Bertz CT molecular complexity index is 917. The highest BCUT2D eigenvalue weighted by molar-refractivity contribution is 9.10. The van der Waals surface area contributed by atoms with Gasteiger partial charge in [0.2, 0.25) is 4.93 Å². The number of halogens is 1. The Morgan fingerprint density at radius 3 is 2.75 bits per heavy atom. The zero-order chi connectivity index (χ0) is 20.9. The Balaban J connectivity index is 2.49. The van der Waals surface area contributed by atoms with Crippen molar-refractivity contribution in [1.29, 1.82) is 0 Å². The third-order valence-electron chi connectivity index (χ3n) is 4.28.